The Kier molecular flexibility index (Phi) is 5.65. The zero-order valence-corrected chi connectivity index (χ0v) is 35.2. The van der Waals surface area contributed by atoms with Gasteiger partial charge in [0, 0.05) is 68.0 Å². The second-order valence-corrected chi connectivity index (χ2v) is 16.5. The Hall–Kier alpha value is -4.63. The average Bonchev–Trinajstić information content (AvgIpc) is 3.25. The number of furan rings is 1. The molecule has 3 nitrogen and oxygen atoms in total. The number of fused-ring (bicyclic) bond motifs is 7. The predicted octanol–water partition coefficient (Wildman–Crippen LogP) is 14.8. The van der Waals surface area contributed by atoms with Gasteiger partial charge >= 0.3 is 0 Å². The summed E-state index contributed by atoms with van der Waals surface area (Å²) < 4.78 is 200. The molecule has 3 heterocycles. The van der Waals surface area contributed by atoms with Crippen molar-refractivity contribution >= 4 is 43.5 Å². The molecule has 5 aromatic carbocycles. The van der Waals surface area contributed by atoms with Gasteiger partial charge in [-0.25, -0.2) is 0 Å². The molecule has 0 spiro atoms. The van der Waals surface area contributed by atoms with Crippen molar-refractivity contribution in [3.8, 4) is 22.5 Å². The fourth-order valence-electron chi connectivity index (χ4n) is 6.97. The van der Waals surface area contributed by atoms with Gasteiger partial charge in [0.25, 0.3) is 0 Å². The summed E-state index contributed by atoms with van der Waals surface area (Å²) in [4.78, 5) is 8.61. The molecule has 299 valence electrons. The third kappa shape index (κ3) is 8.03. The summed E-state index contributed by atoms with van der Waals surface area (Å²) in [6.45, 7) is -7.78. The molecule has 0 fully saturated rings. The van der Waals surface area contributed by atoms with Crippen molar-refractivity contribution in [3.05, 3.63) is 143 Å². The van der Waals surface area contributed by atoms with E-state index in [1.165, 1.54) is 18.5 Å². The maximum Gasteiger partial charge on any atom is 0.121 e. The average molecular weight is 964 g/mol. The molecule has 9 rings (SSSR count). The molecule has 58 heavy (non-hydrogen) atoms. The smallest absolute Gasteiger partial charge is 0.121 e. The Morgan fingerprint density at radius 1 is 0.793 bits per heavy atom. The number of hydrogen-bond donors (Lipinski definition) is 0. The van der Waals surface area contributed by atoms with Gasteiger partial charge in [-0.1, -0.05) is 140 Å². The molecule has 8 aromatic rings. The molecular formula is C54H56IrN2O-2. The number of pyridine rings is 2. The number of hydrogen-bond acceptors (Lipinski definition) is 3. The molecule has 0 atom stereocenters. The molecule has 1 radical (unpaired) electrons. The Bertz CT molecular complexity index is 3730. The van der Waals surface area contributed by atoms with Gasteiger partial charge in [0.1, 0.15) is 5.58 Å². The largest absolute Gasteiger partial charge is 0.501 e. The molecule has 0 unspecified atom stereocenters. The molecule has 0 saturated heterocycles. The fourth-order valence-corrected chi connectivity index (χ4v) is 6.97. The first-order chi connectivity index (χ1) is 36.2. The maximum absolute atomic E-state index is 9.08. The van der Waals surface area contributed by atoms with E-state index < -0.39 is 104 Å². The van der Waals surface area contributed by atoms with Crippen LogP contribution in [0.5, 0.6) is 0 Å². The van der Waals surface area contributed by atoms with E-state index in [2.05, 4.69) is 58.5 Å². The monoisotopic (exact) mass is 965 g/mol. The van der Waals surface area contributed by atoms with Crippen LogP contribution in [0.15, 0.2) is 108 Å². The standard InChI is InChI=1S/C31H26NO.C23H30N.Ir/c1-19-18-32-28(15-22(19)17-31(2,3)4)25-11-7-10-24-27-14-21-13-12-20-8-5-6-9-23(20)26(21)16-29(27)33-30(24)25;1-21(2,3)17-10-13-24-20(15-17)16-8-9-18-19(14-16)23(6,7)12-11-22(18,4)5;/h5-10,12-16,18H,17H2,1-4H3;9-10,13-15H,11-12H2,1-7H3;/q2*-1;/i1D3,17D2;4D3,5D3,6D3,7D3,9D,11D2,12D2,14D;. The molecule has 1 aliphatic carbocycles. The van der Waals surface area contributed by atoms with Crippen molar-refractivity contribution in [3.63, 3.8) is 0 Å². The van der Waals surface area contributed by atoms with E-state index in [0.29, 0.717) is 22.4 Å². The van der Waals surface area contributed by atoms with Crippen LogP contribution >= 0.6 is 0 Å². The SMILES string of the molecule is [2H]C([2H])([2H])c1cnc(-c2[c-]ccc3c2oc2cc4c(ccc5ccccc54)cc23)cc1C([2H])([2H])C(C)(C)C.[2H]c1[c-]c(-c2cc(C(C)(C)C)ccn2)c([2H])c2c1C(C([2H])([2H])[2H])(C([2H])([2H])[2H])C([2H])([2H])C([2H])([2H])C2(C([2H])([2H])[2H])C([2H])([2H])[2H].[Ir]. The number of nitrogens with zero attached hydrogens (tertiary/aromatic N) is 2. The third-order valence-corrected chi connectivity index (χ3v) is 9.85. The van der Waals surface area contributed by atoms with Gasteiger partial charge in [-0.2, -0.15) is 0 Å². The molecule has 1 aliphatic rings. The number of aryl methyl sites for hydroxylation is 1. The summed E-state index contributed by atoms with van der Waals surface area (Å²) in [5, 5.41) is 6.36. The first-order valence-electron chi connectivity index (χ1n) is 30.0. The first-order valence-corrected chi connectivity index (χ1v) is 18.5. The zero-order valence-electron chi connectivity index (χ0n) is 55.8. The molecule has 0 saturated carbocycles. The molecule has 0 bridgehead atoms. The third-order valence-electron chi connectivity index (χ3n) is 9.85. The van der Waals surface area contributed by atoms with Crippen molar-refractivity contribution in [1.82, 2.24) is 9.97 Å². The predicted molar refractivity (Wildman–Crippen MR) is 241 cm³/mol. The van der Waals surface area contributed by atoms with E-state index in [0.717, 1.165) is 37.9 Å². The molecule has 3 aromatic heterocycles. The van der Waals surface area contributed by atoms with Crippen LogP contribution in [-0.4, -0.2) is 9.97 Å². The van der Waals surface area contributed by atoms with Crippen molar-refractivity contribution in [1.29, 1.82) is 0 Å². The van der Waals surface area contributed by atoms with Gasteiger partial charge < -0.3 is 14.4 Å². The van der Waals surface area contributed by atoms with E-state index >= 15 is 0 Å². The summed E-state index contributed by atoms with van der Waals surface area (Å²) in [6, 6.07) is 28.3. The summed E-state index contributed by atoms with van der Waals surface area (Å²) >= 11 is 0. The minimum Gasteiger partial charge on any atom is -0.501 e. The molecule has 0 N–H and O–H groups in total. The number of benzene rings is 5. The van der Waals surface area contributed by atoms with Crippen LogP contribution in [0.4, 0.5) is 0 Å². The van der Waals surface area contributed by atoms with Gasteiger partial charge in [-0.15, -0.1) is 53.0 Å². The first kappa shape index (κ1) is 21.6. The second-order valence-electron chi connectivity index (χ2n) is 16.5. The number of aromatic nitrogens is 2. The van der Waals surface area contributed by atoms with E-state index in [1.54, 1.807) is 39.0 Å². The second kappa shape index (κ2) is 15.2. The molecule has 0 aliphatic heterocycles. The van der Waals surface area contributed by atoms with Crippen molar-refractivity contribution in [2.24, 2.45) is 5.41 Å². The van der Waals surface area contributed by atoms with Crippen LogP contribution in [0.1, 0.15) is 141 Å². The van der Waals surface area contributed by atoms with Gasteiger partial charge in [-0.05, 0) is 105 Å². The van der Waals surface area contributed by atoms with Gasteiger partial charge in [0.2, 0.25) is 0 Å². The summed E-state index contributed by atoms with van der Waals surface area (Å²) in [6.07, 6.45) is -7.91. The number of rotatable bonds is 3. The van der Waals surface area contributed by atoms with Crippen LogP contribution in [0.25, 0.3) is 66.0 Å². The maximum atomic E-state index is 9.08. The Balaban J connectivity index is 0.000000231. The summed E-state index contributed by atoms with van der Waals surface area (Å²) in [5.41, 5.74) is -9.89. The van der Waals surface area contributed by atoms with Crippen LogP contribution in [-0.2, 0) is 42.7 Å². The van der Waals surface area contributed by atoms with Gasteiger partial charge in [0.05, 0.1) is 5.58 Å². The van der Waals surface area contributed by atoms with Crippen molar-refractivity contribution in [2.75, 3.05) is 0 Å². The topological polar surface area (TPSA) is 38.9 Å². The Morgan fingerprint density at radius 2 is 1.55 bits per heavy atom. The molecular weight excluding hydrogens is 885 g/mol. The van der Waals surface area contributed by atoms with Crippen LogP contribution in [0.2, 0.25) is 0 Å². The quantitative estimate of drug-likeness (QED) is 0.131. The molecule has 0 amide bonds. The van der Waals surface area contributed by atoms with E-state index in [-0.39, 0.29) is 36.9 Å². The van der Waals surface area contributed by atoms with Gasteiger partial charge in [-0.3, -0.25) is 0 Å². The van der Waals surface area contributed by atoms with Gasteiger partial charge in [0.15, 0.2) is 0 Å². The summed E-state index contributed by atoms with van der Waals surface area (Å²) in [7, 11) is 0. The van der Waals surface area contributed by atoms with E-state index in [4.69, 9.17) is 35.9 Å². The minimum atomic E-state index is -4.30. The normalized spacial score (nSPS) is 23.8. The Labute approximate surface area is 391 Å². The Morgan fingerprint density at radius 3 is 2.29 bits per heavy atom. The summed E-state index contributed by atoms with van der Waals surface area (Å²) in [5.74, 6) is 0. The van der Waals surface area contributed by atoms with Crippen LogP contribution in [0, 0.1) is 24.4 Å². The van der Waals surface area contributed by atoms with E-state index in [1.807, 2.05) is 39.0 Å². The van der Waals surface area contributed by atoms with Crippen molar-refractivity contribution in [2.45, 2.75) is 111 Å². The molecule has 4 heteroatoms. The van der Waals surface area contributed by atoms with E-state index in [9.17, 15) is 0 Å². The van der Waals surface area contributed by atoms with Crippen LogP contribution in [0.3, 0.4) is 0 Å². The zero-order chi connectivity index (χ0) is 60.1. The van der Waals surface area contributed by atoms with Crippen LogP contribution < -0.4 is 0 Å². The fraction of sp³-hybridized carbons (Fsp3) is 0.333. The van der Waals surface area contributed by atoms with Crippen molar-refractivity contribution < 1.29 is 56.0 Å². The minimum absolute atomic E-state index is 0.